The molecule has 0 aliphatic rings. The van der Waals surface area contributed by atoms with Gasteiger partial charge in [0.05, 0.1) is 13.0 Å². The predicted molar refractivity (Wildman–Crippen MR) is 86.9 cm³/mol. The molecule has 0 atom stereocenters. The summed E-state index contributed by atoms with van der Waals surface area (Å²) in [5.41, 5.74) is 0. The highest BCUT2D eigenvalue weighted by Crippen LogP contribution is 2.09. The second kappa shape index (κ2) is 16.3. The summed E-state index contributed by atoms with van der Waals surface area (Å²) in [4.78, 5) is 11.3. The van der Waals surface area contributed by atoms with Crippen LogP contribution in [-0.2, 0) is 9.53 Å². The van der Waals surface area contributed by atoms with Gasteiger partial charge < -0.3 is 4.74 Å². The minimum Gasteiger partial charge on any atom is -0.465 e. The van der Waals surface area contributed by atoms with E-state index in [1.165, 1.54) is 51.4 Å². The number of esters is 1. The quantitative estimate of drug-likeness (QED) is 0.228. The number of unbranched alkanes of at least 4 members (excludes halogenated alkanes) is 9. The van der Waals surface area contributed by atoms with Gasteiger partial charge in [-0.2, -0.15) is 0 Å². The molecule has 20 heavy (non-hydrogen) atoms. The Morgan fingerprint density at radius 3 is 2.05 bits per heavy atom. The third-order valence-electron chi connectivity index (χ3n) is 3.44. The summed E-state index contributed by atoms with van der Waals surface area (Å²) in [6, 6.07) is 0. The van der Waals surface area contributed by atoms with Gasteiger partial charge in [-0.05, 0) is 19.3 Å². The molecule has 0 bridgehead atoms. The van der Waals surface area contributed by atoms with Crippen LogP contribution >= 0.6 is 0 Å². The van der Waals surface area contributed by atoms with Gasteiger partial charge >= 0.3 is 5.97 Å². The van der Waals surface area contributed by atoms with Crippen molar-refractivity contribution in [3.8, 4) is 0 Å². The fourth-order valence-corrected chi connectivity index (χ4v) is 2.08. The van der Waals surface area contributed by atoms with Gasteiger partial charge in [0.15, 0.2) is 0 Å². The minimum atomic E-state index is -0.0920. The maximum absolute atomic E-state index is 11.3. The highest BCUT2D eigenvalue weighted by atomic mass is 16.5. The molecule has 0 saturated carbocycles. The molecule has 0 amide bonds. The summed E-state index contributed by atoms with van der Waals surface area (Å²) in [5.74, 6) is -0.0920. The lowest BCUT2D eigenvalue weighted by molar-refractivity contribution is -0.142. The van der Waals surface area contributed by atoms with Crippen LogP contribution in [0, 0.1) is 0 Å². The van der Waals surface area contributed by atoms with Crippen molar-refractivity contribution in [3.05, 3.63) is 12.2 Å². The summed E-state index contributed by atoms with van der Waals surface area (Å²) in [6.45, 7) is 4.92. The maximum Gasteiger partial charge on any atom is 0.309 e. The van der Waals surface area contributed by atoms with Gasteiger partial charge in [-0.1, -0.05) is 77.4 Å². The molecule has 0 N–H and O–H groups in total. The molecule has 0 fully saturated rings. The predicted octanol–water partition coefficient (Wildman–Crippen LogP) is 5.81. The van der Waals surface area contributed by atoms with E-state index < -0.39 is 0 Å². The smallest absolute Gasteiger partial charge is 0.309 e. The Hall–Kier alpha value is -0.790. The van der Waals surface area contributed by atoms with Crippen molar-refractivity contribution in [2.24, 2.45) is 0 Å². The van der Waals surface area contributed by atoms with Gasteiger partial charge in [-0.3, -0.25) is 4.79 Å². The van der Waals surface area contributed by atoms with E-state index in [9.17, 15) is 4.79 Å². The van der Waals surface area contributed by atoms with Crippen LogP contribution in [0.1, 0.15) is 90.9 Å². The molecular formula is C18H34O2. The summed E-state index contributed by atoms with van der Waals surface area (Å²) >= 11 is 0. The topological polar surface area (TPSA) is 26.3 Å². The molecule has 0 aromatic carbocycles. The molecule has 2 nitrogen and oxygen atoms in total. The average Bonchev–Trinajstić information content (AvgIpc) is 2.45. The summed E-state index contributed by atoms with van der Waals surface area (Å²) in [7, 11) is 0. The van der Waals surface area contributed by atoms with Crippen molar-refractivity contribution < 1.29 is 9.53 Å². The summed E-state index contributed by atoms with van der Waals surface area (Å²) in [6.07, 6.45) is 18.4. The third-order valence-corrected chi connectivity index (χ3v) is 3.44. The molecule has 0 aliphatic heterocycles. The van der Waals surface area contributed by atoms with Crippen molar-refractivity contribution in [3.63, 3.8) is 0 Å². The van der Waals surface area contributed by atoms with Crippen LogP contribution in [0.4, 0.5) is 0 Å². The number of ether oxygens (including phenoxy) is 1. The average molecular weight is 282 g/mol. The van der Waals surface area contributed by atoms with Gasteiger partial charge in [0.2, 0.25) is 0 Å². The van der Waals surface area contributed by atoms with Crippen molar-refractivity contribution in [1.29, 1.82) is 0 Å². The fourth-order valence-electron chi connectivity index (χ4n) is 2.08. The molecular weight excluding hydrogens is 248 g/mol. The van der Waals surface area contributed by atoms with Crippen LogP contribution in [-0.4, -0.2) is 12.6 Å². The zero-order valence-corrected chi connectivity index (χ0v) is 13.7. The Morgan fingerprint density at radius 1 is 0.800 bits per heavy atom. The number of rotatable bonds is 14. The maximum atomic E-state index is 11.3. The van der Waals surface area contributed by atoms with Crippen LogP contribution in [0.2, 0.25) is 0 Å². The molecule has 2 heteroatoms. The SMILES string of the molecule is CCCCCCCCCC/C=C/CC(=O)OCCCC. The van der Waals surface area contributed by atoms with Crippen LogP contribution in [0.15, 0.2) is 12.2 Å². The molecule has 0 radical (unpaired) electrons. The lowest BCUT2D eigenvalue weighted by Gasteiger charge is -2.01. The Labute approximate surface area is 126 Å². The normalized spacial score (nSPS) is 11.1. The van der Waals surface area contributed by atoms with Gasteiger partial charge in [0.1, 0.15) is 0 Å². The van der Waals surface area contributed by atoms with Crippen LogP contribution in [0.25, 0.3) is 0 Å². The Morgan fingerprint density at radius 2 is 1.40 bits per heavy atom. The largest absolute Gasteiger partial charge is 0.465 e. The molecule has 0 heterocycles. The van der Waals surface area contributed by atoms with E-state index in [-0.39, 0.29) is 5.97 Å². The van der Waals surface area contributed by atoms with Crippen molar-refractivity contribution in [1.82, 2.24) is 0 Å². The van der Waals surface area contributed by atoms with Crippen LogP contribution in [0.5, 0.6) is 0 Å². The van der Waals surface area contributed by atoms with Crippen LogP contribution < -0.4 is 0 Å². The van der Waals surface area contributed by atoms with E-state index in [1.54, 1.807) is 0 Å². The lowest BCUT2D eigenvalue weighted by atomic mass is 10.1. The molecule has 0 unspecified atom stereocenters. The first-order valence-corrected chi connectivity index (χ1v) is 8.61. The molecule has 0 spiro atoms. The van der Waals surface area contributed by atoms with E-state index in [4.69, 9.17) is 4.74 Å². The van der Waals surface area contributed by atoms with E-state index in [0.29, 0.717) is 13.0 Å². The molecule has 0 aromatic heterocycles. The van der Waals surface area contributed by atoms with Crippen LogP contribution in [0.3, 0.4) is 0 Å². The summed E-state index contributed by atoms with van der Waals surface area (Å²) in [5, 5.41) is 0. The third kappa shape index (κ3) is 15.3. The first-order valence-electron chi connectivity index (χ1n) is 8.61. The van der Waals surface area contributed by atoms with Gasteiger partial charge in [0.25, 0.3) is 0 Å². The highest BCUT2D eigenvalue weighted by Gasteiger charge is 1.97. The van der Waals surface area contributed by atoms with Gasteiger partial charge in [-0.15, -0.1) is 0 Å². The minimum absolute atomic E-state index is 0.0920. The standard InChI is InChI=1S/C18H34O2/c1-3-5-7-8-9-10-11-12-13-14-15-16-18(19)20-17-6-4-2/h14-15H,3-13,16-17H2,1-2H3/b15-14+. The lowest BCUT2D eigenvalue weighted by Crippen LogP contribution is -2.03. The number of carbonyl (C=O) groups is 1. The molecule has 0 aliphatic carbocycles. The van der Waals surface area contributed by atoms with E-state index in [1.807, 2.05) is 6.08 Å². The van der Waals surface area contributed by atoms with Crippen molar-refractivity contribution >= 4 is 5.97 Å². The van der Waals surface area contributed by atoms with Gasteiger partial charge in [-0.25, -0.2) is 0 Å². The second-order valence-corrected chi connectivity index (χ2v) is 5.51. The van der Waals surface area contributed by atoms with E-state index in [0.717, 1.165) is 19.3 Å². The first-order chi connectivity index (χ1) is 9.81. The number of allylic oxidation sites excluding steroid dienone is 1. The number of hydrogen-bond donors (Lipinski definition) is 0. The van der Waals surface area contributed by atoms with Gasteiger partial charge in [0, 0.05) is 0 Å². The zero-order valence-electron chi connectivity index (χ0n) is 13.7. The molecule has 0 rings (SSSR count). The number of carbonyl (C=O) groups excluding carboxylic acids is 1. The van der Waals surface area contributed by atoms with Crippen molar-refractivity contribution in [2.75, 3.05) is 6.61 Å². The Kier molecular flexibility index (Phi) is 15.6. The van der Waals surface area contributed by atoms with E-state index in [2.05, 4.69) is 19.9 Å². The molecule has 0 saturated heterocycles. The monoisotopic (exact) mass is 282 g/mol. The first kappa shape index (κ1) is 19.2. The molecule has 0 aromatic rings. The van der Waals surface area contributed by atoms with E-state index >= 15 is 0 Å². The molecule has 118 valence electrons. The zero-order chi connectivity index (χ0) is 14.9. The Balaban J connectivity index is 3.21. The summed E-state index contributed by atoms with van der Waals surface area (Å²) < 4.78 is 5.08. The fraction of sp³-hybridized carbons (Fsp3) is 0.833. The Bertz CT molecular complexity index is 234. The number of hydrogen-bond acceptors (Lipinski definition) is 2. The highest BCUT2D eigenvalue weighted by molar-refractivity contribution is 5.71. The van der Waals surface area contributed by atoms with Crippen molar-refractivity contribution in [2.45, 2.75) is 90.9 Å². The second-order valence-electron chi connectivity index (χ2n) is 5.51.